The van der Waals surface area contributed by atoms with Crippen molar-refractivity contribution in [2.24, 2.45) is 11.8 Å². The molecule has 0 unspecified atom stereocenters. The van der Waals surface area contributed by atoms with E-state index in [1.807, 2.05) is 60.0 Å². The van der Waals surface area contributed by atoms with Crippen molar-refractivity contribution < 1.29 is 9.59 Å². The number of hydrogen-bond donors (Lipinski definition) is 1. The number of nitrogens with zero attached hydrogens (tertiary/aromatic N) is 3. The minimum absolute atomic E-state index is 0.107. The van der Waals surface area contributed by atoms with Gasteiger partial charge in [-0.15, -0.1) is 0 Å². The fourth-order valence-electron chi connectivity index (χ4n) is 5.46. The summed E-state index contributed by atoms with van der Waals surface area (Å²) in [7, 11) is 0. The molecule has 1 aromatic heterocycles. The van der Waals surface area contributed by atoms with Crippen molar-refractivity contribution in [3.8, 4) is 0 Å². The first-order chi connectivity index (χ1) is 16.3. The molecule has 2 amide bonds. The zero-order valence-electron chi connectivity index (χ0n) is 19.9. The van der Waals surface area contributed by atoms with Gasteiger partial charge in [-0.1, -0.05) is 62.6 Å². The third-order valence-electron chi connectivity index (χ3n) is 7.92. The van der Waals surface area contributed by atoms with Crippen molar-refractivity contribution in [1.82, 2.24) is 19.8 Å². The zero-order valence-corrected chi connectivity index (χ0v) is 20.7. The van der Waals surface area contributed by atoms with Crippen LogP contribution in [0.5, 0.6) is 0 Å². The van der Waals surface area contributed by atoms with Crippen molar-refractivity contribution in [3.63, 3.8) is 0 Å². The molecule has 1 fully saturated rings. The molecular formula is C27H31ClN4O2. The molecule has 1 aliphatic heterocycles. The van der Waals surface area contributed by atoms with Crippen LogP contribution in [0.2, 0.25) is 5.02 Å². The predicted octanol–water partition coefficient (Wildman–Crippen LogP) is 5.05. The molecule has 2 heterocycles. The second kappa shape index (κ2) is 8.73. The molecule has 3 aromatic rings. The van der Waals surface area contributed by atoms with E-state index < -0.39 is 5.54 Å². The number of fused-ring (bicyclic) bond motifs is 3. The number of rotatable bonds is 4. The van der Waals surface area contributed by atoms with E-state index in [2.05, 4.69) is 24.1 Å². The second-order valence-electron chi connectivity index (χ2n) is 10.1. The number of halogens is 1. The van der Waals surface area contributed by atoms with Gasteiger partial charge in [-0.2, -0.15) is 0 Å². The van der Waals surface area contributed by atoms with Gasteiger partial charge in [0.15, 0.2) is 5.82 Å². The second-order valence-corrected chi connectivity index (χ2v) is 10.6. The molecule has 2 aliphatic rings. The first-order valence-corrected chi connectivity index (χ1v) is 12.5. The maximum Gasteiger partial charge on any atom is 0.291 e. The SMILES string of the molecule is C[C@@H]1[C@H](C)CCC[C@@H]1NC(=O)[C@@]1(C)Cn2c(nc3ccccc32)C(=O)N1Cc1ccc(Cl)cc1. The van der Waals surface area contributed by atoms with Crippen LogP contribution in [0, 0.1) is 11.8 Å². The van der Waals surface area contributed by atoms with E-state index in [0.717, 1.165) is 29.4 Å². The summed E-state index contributed by atoms with van der Waals surface area (Å²) < 4.78 is 1.91. The van der Waals surface area contributed by atoms with Gasteiger partial charge in [0.2, 0.25) is 5.91 Å². The highest BCUT2D eigenvalue weighted by atomic mass is 35.5. The number of aromatic nitrogens is 2. The molecule has 34 heavy (non-hydrogen) atoms. The van der Waals surface area contributed by atoms with Gasteiger partial charge in [0.05, 0.1) is 17.6 Å². The largest absolute Gasteiger partial charge is 0.351 e. The summed E-state index contributed by atoms with van der Waals surface area (Å²) in [5.74, 6) is 0.994. The standard InChI is InChI=1S/C27H31ClN4O2/c1-17-7-6-9-21(18(17)2)30-26(34)27(3)16-31-23-10-5-4-8-22(23)29-24(31)25(33)32(27)15-19-11-13-20(28)14-12-19/h4-5,8,10-14,17-18,21H,6-7,9,15-16H2,1-3H3,(H,30,34)/t17-,18-,21+,27-/m1/s1. The van der Waals surface area contributed by atoms with Gasteiger partial charge in [-0.25, -0.2) is 4.98 Å². The van der Waals surface area contributed by atoms with Crippen molar-refractivity contribution in [3.05, 3.63) is 64.9 Å². The van der Waals surface area contributed by atoms with Crippen LogP contribution in [0.15, 0.2) is 48.5 Å². The van der Waals surface area contributed by atoms with Gasteiger partial charge in [0.25, 0.3) is 5.91 Å². The first-order valence-electron chi connectivity index (χ1n) is 12.1. The molecule has 0 saturated heterocycles. The van der Waals surface area contributed by atoms with Crippen LogP contribution in [0.25, 0.3) is 11.0 Å². The van der Waals surface area contributed by atoms with Crippen LogP contribution in [0.4, 0.5) is 0 Å². The molecule has 1 saturated carbocycles. The molecule has 6 nitrogen and oxygen atoms in total. The van der Waals surface area contributed by atoms with E-state index in [0.29, 0.717) is 35.8 Å². The maximum atomic E-state index is 13.9. The lowest BCUT2D eigenvalue weighted by Crippen LogP contribution is -2.65. The lowest BCUT2D eigenvalue weighted by Gasteiger charge is -2.45. The number of amides is 2. The summed E-state index contributed by atoms with van der Waals surface area (Å²) in [5, 5.41) is 3.97. The summed E-state index contributed by atoms with van der Waals surface area (Å²) in [6.45, 7) is 7.01. The van der Waals surface area contributed by atoms with Crippen molar-refractivity contribution in [2.45, 2.75) is 64.7 Å². The fourth-order valence-corrected chi connectivity index (χ4v) is 5.59. The smallest absolute Gasteiger partial charge is 0.291 e. The van der Waals surface area contributed by atoms with Gasteiger partial charge in [0, 0.05) is 17.6 Å². The molecular weight excluding hydrogens is 448 g/mol. The number of benzene rings is 2. The molecule has 5 rings (SSSR count). The van der Waals surface area contributed by atoms with Crippen molar-refractivity contribution in [2.75, 3.05) is 0 Å². The quantitative estimate of drug-likeness (QED) is 0.570. The topological polar surface area (TPSA) is 67.2 Å². The predicted molar refractivity (Wildman–Crippen MR) is 134 cm³/mol. The van der Waals surface area contributed by atoms with E-state index in [9.17, 15) is 9.59 Å². The zero-order chi connectivity index (χ0) is 24.0. The molecule has 7 heteroatoms. The normalized spacial score (nSPS) is 27.0. The lowest BCUT2D eigenvalue weighted by molar-refractivity contribution is -0.134. The lowest BCUT2D eigenvalue weighted by atomic mass is 9.77. The number of carbonyl (C=O) groups excluding carboxylic acids is 2. The van der Waals surface area contributed by atoms with Gasteiger partial charge in [-0.05, 0) is 55.0 Å². The third kappa shape index (κ3) is 3.88. The van der Waals surface area contributed by atoms with Gasteiger partial charge < -0.3 is 14.8 Å². The summed E-state index contributed by atoms with van der Waals surface area (Å²) in [5.41, 5.74) is 1.49. The van der Waals surface area contributed by atoms with Crippen molar-refractivity contribution >= 4 is 34.4 Å². The van der Waals surface area contributed by atoms with Gasteiger partial charge in [0.1, 0.15) is 5.54 Å². The average molecular weight is 479 g/mol. The third-order valence-corrected chi connectivity index (χ3v) is 8.17. The highest BCUT2D eigenvalue weighted by Gasteiger charge is 2.49. The van der Waals surface area contributed by atoms with Crippen LogP contribution in [0.3, 0.4) is 0 Å². The first kappa shape index (κ1) is 22.9. The molecule has 1 aliphatic carbocycles. The van der Waals surface area contributed by atoms with Crippen LogP contribution in [-0.2, 0) is 17.9 Å². The fraction of sp³-hybridized carbons (Fsp3) is 0.444. The highest BCUT2D eigenvalue weighted by Crippen LogP contribution is 2.34. The Balaban J connectivity index is 1.54. The Labute approximate surface area is 205 Å². The molecule has 4 atom stereocenters. The minimum Gasteiger partial charge on any atom is -0.351 e. The number of hydrogen-bond acceptors (Lipinski definition) is 3. The highest BCUT2D eigenvalue weighted by molar-refractivity contribution is 6.30. The average Bonchev–Trinajstić information content (AvgIpc) is 3.19. The Morgan fingerprint density at radius 2 is 1.88 bits per heavy atom. The molecule has 178 valence electrons. The Morgan fingerprint density at radius 3 is 2.65 bits per heavy atom. The van der Waals surface area contributed by atoms with Gasteiger partial charge in [-0.3, -0.25) is 9.59 Å². The van der Waals surface area contributed by atoms with Crippen LogP contribution < -0.4 is 5.32 Å². The van der Waals surface area contributed by atoms with Crippen LogP contribution >= 0.6 is 11.6 Å². The molecule has 0 spiro atoms. The Bertz CT molecular complexity index is 1240. The number of imidazole rings is 1. The van der Waals surface area contributed by atoms with Crippen molar-refractivity contribution in [1.29, 1.82) is 0 Å². The minimum atomic E-state index is -1.06. The summed E-state index contributed by atoms with van der Waals surface area (Å²) in [4.78, 5) is 34.1. The van der Waals surface area contributed by atoms with E-state index >= 15 is 0 Å². The number of nitrogens with one attached hydrogen (secondary N) is 1. The Morgan fingerprint density at radius 1 is 1.15 bits per heavy atom. The monoisotopic (exact) mass is 478 g/mol. The molecule has 0 bridgehead atoms. The Kier molecular flexibility index (Phi) is 5.88. The van der Waals surface area contributed by atoms with E-state index in [-0.39, 0.29) is 17.9 Å². The molecule has 1 N–H and O–H groups in total. The summed E-state index contributed by atoms with van der Waals surface area (Å²) in [6, 6.07) is 15.2. The summed E-state index contributed by atoms with van der Waals surface area (Å²) >= 11 is 6.08. The summed E-state index contributed by atoms with van der Waals surface area (Å²) in [6.07, 6.45) is 3.27. The number of carbonyl (C=O) groups is 2. The Hall–Kier alpha value is -2.86. The van der Waals surface area contributed by atoms with E-state index in [4.69, 9.17) is 11.6 Å². The van der Waals surface area contributed by atoms with Gasteiger partial charge >= 0.3 is 0 Å². The van der Waals surface area contributed by atoms with E-state index in [1.165, 1.54) is 6.42 Å². The maximum absolute atomic E-state index is 13.9. The molecule has 0 radical (unpaired) electrons. The van der Waals surface area contributed by atoms with Crippen LogP contribution in [0.1, 0.15) is 56.2 Å². The van der Waals surface area contributed by atoms with E-state index in [1.54, 1.807) is 4.90 Å². The molecule has 2 aromatic carbocycles. The van der Waals surface area contributed by atoms with Crippen LogP contribution in [-0.4, -0.2) is 37.8 Å². The number of para-hydroxylation sites is 2.